The van der Waals surface area contributed by atoms with Crippen LogP contribution in [0.3, 0.4) is 0 Å². The van der Waals surface area contributed by atoms with Crippen molar-refractivity contribution in [3.05, 3.63) is 108 Å². The Hall–Kier alpha value is -2.27. The third-order valence-corrected chi connectivity index (χ3v) is 3.94. The normalized spacial score (nSPS) is 10.6. The van der Waals surface area contributed by atoms with Crippen molar-refractivity contribution < 1.29 is 30.2 Å². The summed E-state index contributed by atoms with van der Waals surface area (Å²) < 4.78 is 0. The van der Waals surface area contributed by atoms with Crippen LogP contribution < -0.4 is 18.9 Å². The zero-order chi connectivity index (χ0) is 15.4. The first-order chi connectivity index (χ1) is 10.8. The van der Waals surface area contributed by atoms with Gasteiger partial charge in [0.25, 0.3) is 0 Å². The van der Waals surface area contributed by atoms with Crippen molar-refractivity contribution in [2.75, 3.05) is 0 Å². The first kappa shape index (κ1) is 17.1. The van der Waals surface area contributed by atoms with Crippen LogP contribution >= 0.6 is 0 Å². The molecular weight excluding hydrogens is 279 g/mol. The molecule has 0 unspecified atom stereocenters. The smallest absolute Gasteiger partial charge is 1.00 e. The molecule has 3 rings (SSSR count). The van der Waals surface area contributed by atoms with Crippen molar-refractivity contribution in [2.24, 2.45) is 0 Å². The SMILES string of the molecule is O=C(O)C(c1ccccc1)(c1ccccc1)c1ccccc1.[H-].[Li+]. The third kappa shape index (κ3) is 2.96. The summed E-state index contributed by atoms with van der Waals surface area (Å²) in [6.45, 7) is 0. The number of carbonyl (C=O) groups is 1. The second-order valence-electron chi connectivity index (χ2n) is 5.15. The Labute approximate surface area is 149 Å². The van der Waals surface area contributed by atoms with Gasteiger partial charge in [0.05, 0.1) is 0 Å². The van der Waals surface area contributed by atoms with Crippen LogP contribution in [0.25, 0.3) is 0 Å². The predicted molar refractivity (Wildman–Crippen MR) is 88.0 cm³/mol. The Morgan fingerprint density at radius 2 is 0.913 bits per heavy atom. The quantitative estimate of drug-likeness (QED) is 0.581. The average molecular weight is 296 g/mol. The average Bonchev–Trinajstić information content (AvgIpc) is 2.58. The topological polar surface area (TPSA) is 37.3 Å². The van der Waals surface area contributed by atoms with Crippen LogP contribution in [0, 0.1) is 0 Å². The van der Waals surface area contributed by atoms with Crippen molar-refractivity contribution in [1.29, 1.82) is 0 Å². The summed E-state index contributed by atoms with van der Waals surface area (Å²) in [6, 6.07) is 28.1. The molecule has 3 aromatic rings. The van der Waals surface area contributed by atoms with E-state index in [1.165, 1.54) is 0 Å². The van der Waals surface area contributed by atoms with Gasteiger partial charge in [-0.25, -0.2) is 0 Å². The second-order valence-corrected chi connectivity index (χ2v) is 5.15. The van der Waals surface area contributed by atoms with E-state index in [4.69, 9.17) is 0 Å². The van der Waals surface area contributed by atoms with Crippen LogP contribution in [0.2, 0.25) is 0 Å². The summed E-state index contributed by atoms with van der Waals surface area (Å²) in [5.41, 5.74) is 1.05. The van der Waals surface area contributed by atoms with E-state index in [1.807, 2.05) is 91.0 Å². The predicted octanol–water partition coefficient (Wildman–Crippen LogP) is 1.22. The Morgan fingerprint density at radius 3 is 1.13 bits per heavy atom. The van der Waals surface area contributed by atoms with Gasteiger partial charge in [0.15, 0.2) is 0 Å². The van der Waals surface area contributed by atoms with Gasteiger partial charge in [-0.2, -0.15) is 0 Å². The molecule has 3 aromatic carbocycles. The molecule has 110 valence electrons. The fraction of sp³-hybridized carbons (Fsp3) is 0.0500. The van der Waals surface area contributed by atoms with Crippen LogP contribution in [0.15, 0.2) is 91.0 Å². The fourth-order valence-corrected chi connectivity index (χ4v) is 2.93. The first-order valence-electron chi connectivity index (χ1n) is 7.16. The third-order valence-electron chi connectivity index (χ3n) is 3.94. The number of hydrogen-bond donors (Lipinski definition) is 1. The largest absolute Gasteiger partial charge is 1.00 e. The Bertz CT molecular complexity index is 665. The molecule has 0 aliphatic heterocycles. The maximum Gasteiger partial charge on any atom is 1.00 e. The molecule has 0 aliphatic carbocycles. The molecule has 1 N–H and O–H groups in total. The van der Waals surface area contributed by atoms with Gasteiger partial charge in [-0.1, -0.05) is 91.0 Å². The first-order valence-corrected chi connectivity index (χ1v) is 7.16. The molecule has 0 heterocycles. The molecular formula is C20H17LiO2. The van der Waals surface area contributed by atoms with E-state index in [2.05, 4.69) is 0 Å². The second kappa shape index (κ2) is 7.33. The van der Waals surface area contributed by atoms with Crippen LogP contribution in [0.4, 0.5) is 0 Å². The monoisotopic (exact) mass is 296 g/mol. The van der Waals surface area contributed by atoms with E-state index in [0.29, 0.717) is 0 Å². The molecule has 3 heteroatoms. The molecule has 0 bridgehead atoms. The molecule has 0 spiro atoms. The van der Waals surface area contributed by atoms with Gasteiger partial charge in [-0.05, 0) is 16.7 Å². The molecule has 23 heavy (non-hydrogen) atoms. The van der Waals surface area contributed by atoms with Crippen molar-refractivity contribution in [3.8, 4) is 0 Å². The van der Waals surface area contributed by atoms with Crippen molar-refractivity contribution in [2.45, 2.75) is 5.41 Å². The molecule has 0 atom stereocenters. The summed E-state index contributed by atoms with van der Waals surface area (Å²) in [5, 5.41) is 10.2. The maximum atomic E-state index is 12.4. The molecule has 0 aromatic heterocycles. The Morgan fingerprint density at radius 1 is 0.652 bits per heavy atom. The minimum absolute atomic E-state index is 0. The number of rotatable bonds is 4. The summed E-state index contributed by atoms with van der Waals surface area (Å²) in [7, 11) is 0. The van der Waals surface area contributed by atoms with E-state index >= 15 is 0 Å². The van der Waals surface area contributed by atoms with Crippen molar-refractivity contribution in [3.63, 3.8) is 0 Å². The van der Waals surface area contributed by atoms with Gasteiger partial charge in [-0.3, -0.25) is 4.79 Å². The van der Waals surface area contributed by atoms with E-state index < -0.39 is 11.4 Å². The Kier molecular flexibility index (Phi) is 5.44. The number of aliphatic carboxylic acids is 1. The Balaban J connectivity index is 0.00000144. The molecule has 2 nitrogen and oxygen atoms in total. The number of carboxylic acids is 1. The zero-order valence-corrected chi connectivity index (χ0v) is 13.0. The van der Waals surface area contributed by atoms with Crippen LogP contribution in [-0.2, 0) is 10.2 Å². The summed E-state index contributed by atoms with van der Waals surface area (Å²) >= 11 is 0. The molecule has 0 aliphatic rings. The van der Waals surface area contributed by atoms with Gasteiger partial charge in [0, 0.05) is 0 Å². The molecule has 0 saturated heterocycles. The van der Waals surface area contributed by atoms with E-state index in [0.717, 1.165) is 16.7 Å². The van der Waals surface area contributed by atoms with E-state index in [1.54, 1.807) is 0 Å². The standard InChI is InChI=1S/C20H16O2.Li.H/c21-19(22)20(16-10-4-1-5-11-16,17-12-6-2-7-13-17)18-14-8-3-9-15-18;;/h1-15H,(H,21,22);;/q;+1;-1. The van der Waals surface area contributed by atoms with Crippen LogP contribution in [0.5, 0.6) is 0 Å². The van der Waals surface area contributed by atoms with Crippen LogP contribution in [0.1, 0.15) is 18.1 Å². The molecule has 0 radical (unpaired) electrons. The van der Waals surface area contributed by atoms with E-state index in [-0.39, 0.29) is 20.3 Å². The summed E-state index contributed by atoms with van der Waals surface area (Å²) in [5.74, 6) is -0.879. The maximum absolute atomic E-state index is 12.4. The number of benzene rings is 3. The fourth-order valence-electron chi connectivity index (χ4n) is 2.93. The molecule has 0 amide bonds. The van der Waals surface area contributed by atoms with Gasteiger partial charge in [0.1, 0.15) is 5.41 Å². The minimum Gasteiger partial charge on any atom is -1.00 e. The van der Waals surface area contributed by atoms with E-state index in [9.17, 15) is 9.90 Å². The molecule has 0 saturated carbocycles. The minimum atomic E-state index is -1.20. The van der Waals surface area contributed by atoms with Gasteiger partial charge >= 0.3 is 24.8 Å². The summed E-state index contributed by atoms with van der Waals surface area (Å²) in [4.78, 5) is 12.4. The van der Waals surface area contributed by atoms with Crippen molar-refractivity contribution >= 4 is 5.97 Å². The number of carboxylic acid groups (broad SMARTS) is 1. The summed E-state index contributed by atoms with van der Waals surface area (Å²) in [6.07, 6.45) is 0. The molecule has 0 fully saturated rings. The van der Waals surface area contributed by atoms with Gasteiger partial charge in [-0.15, -0.1) is 0 Å². The zero-order valence-electron chi connectivity index (χ0n) is 14.0. The van der Waals surface area contributed by atoms with Crippen LogP contribution in [-0.4, -0.2) is 11.1 Å². The van der Waals surface area contributed by atoms with Gasteiger partial charge < -0.3 is 6.53 Å². The number of hydrogen-bond acceptors (Lipinski definition) is 1. The van der Waals surface area contributed by atoms with Crippen molar-refractivity contribution in [1.82, 2.24) is 0 Å². The van der Waals surface area contributed by atoms with Gasteiger partial charge in [0.2, 0.25) is 0 Å².